The lowest BCUT2D eigenvalue weighted by Crippen LogP contribution is -2.19. The molecule has 1 aromatic carbocycles. The second kappa shape index (κ2) is 7.36. The van der Waals surface area contributed by atoms with Gasteiger partial charge >= 0.3 is 0 Å². The lowest BCUT2D eigenvalue weighted by atomic mass is 10.1. The molecular formula is C15H18FN3S. The molecular weight excluding hydrogens is 273 g/mol. The number of nitrogens with zero attached hydrogens (tertiary/aromatic N) is 2. The van der Waals surface area contributed by atoms with E-state index in [1.54, 1.807) is 30.7 Å². The number of benzene rings is 1. The molecule has 0 aliphatic carbocycles. The minimum atomic E-state index is -0.219. The highest BCUT2D eigenvalue weighted by Gasteiger charge is 2.10. The molecule has 0 saturated heterocycles. The molecule has 1 atom stereocenters. The zero-order chi connectivity index (χ0) is 14.4. The van der Waals surface area contributed by atoms with Gasteiger partial charge in [0, 0.05) is 23.3 Å². The van der Waals surface area contributed by atoms with Gasteiger partial charge < -0.3 is 5.32 Å². The van der Waals surface area contributed by atoms with E-state index in [1.807, 2.05) is 13.0 Å². The maximum atomic E-state index is 14.1. The zero-order valence-corrected chi connectivity index (χ0v) is 12.5. The molecule has 0 saturated carbocycles. The van der Waals surface area contributed by atoms with Crippen molar-refractivity contribution in [2.24, 2.45) is 0 Å². The molecule has 1 heterocycles. The van der Waals surface area contributed by atoms with E-state index < -0.39 is 0 Å². The van der Waals surface area contributed by atoms with Gasteiger partial charge in [-0.05, 0) is 37.6 Å². The minimum absolute atomic E-state index is 0.153. The Kier molecular flexibility index (Phi) is 5.49. The average molecular weight is 291 g/mol. The largest absolute Gasteiger partial charge is 0.310 e. The quantitative estimate of drug-likeness (QED) is 0.878. The molecule has 5 heteroatoms. The van der Waals surface area contributed by atoms with Crippen molar-refractivity contribution < 1.29 is 4.39 Å². The standard InChI is InChI=1S/C15H18FN3S/c1-3-6-18-11(2)12-4-5-14(13(16)9-12)20-15-10-17-7-8-19-15/h4-5,7-11,18H,3,6H2,1-2H3. The van der Waals surface area contributed by atoms with E-state index in [0.717, 1.165) is 18.5 Å². The van der Waals surface area contributed by atoms with Crippen LogP contribution in [0.1, 0.15) is 31.9 Å². The third kappa shape index (κ3) is 4.02. The van der Waals surface area contributed by atoms with E-state index in [4.69, 9.17) is 0 Å². The molecule has 3 nitrogen and oxygen atoms in total. The molecule has 2 rings (SSSR count). The summed E-state index contributed by atoms with van der Waals surface area (Å²) in [5.41, 5.74) is 0.958. The third-order valence-corrected chi connectivity index (χ3v) is 3.88. The molecule has 1 aromatic heterocycles. The predicted octanol–water partition coefficient (Wildman–Crippen LogP) is 3.83. The Bertz CT molecular complexity index is 548. The van der Waals surface area contributed by atoms with Gasteiger partial charge in [-0.25, -0.2) is 9.37 Å². The monoisotopic (exact) mass is 291 g/mol. The van der Waals surface area contributed by atoms with Crippen molar-refractivity contribution in [3.05, 3.63) is 48.2 Å². The summed E-state index contributed by atoms with van der Waals surface area (Å²) in [6.07, 6.45) is 5.90. The van der Waals surface area contributed by atoms with E-state index in [0.29, 0.717) is 9.92 Å². The van der Waals surface area contributed by atoms with Gasteiger partial charge in [0.1, 0.15) is 10.8 Å². The van der Waals surface area contributed by atoms with Gasteiger partial charge in [0.05, 0.1) is 6.20 Å². The van der Waals surface area contributed by atoms with Gasteiger partial charge in [-0.1, -0.05) is 24.8 Å². The van der Waals surface area contributed by atoms with Crippen LogP contribution in [0.25, 0.3) is 0 Å². The molecule has 0 fully saturated rings. The van der Waals surface area contributed by atoms with Crippen LogP contribution in [-0.2, 0) is 0 Å². The molecule has 0 bridgehead atoms. The molecule has 106 valence electrons. The van der Waals surface area contributed by atoms with Crippen molar-refractivity contribution in [3.8, 4) is 0 Å². The molecule has 1 N–H and O–H groups in total. The van der Waals surface area contributed by atoms with Gasteiger partial charge in [-0.3, -0.25) is 4.98 Å². The van der Waals surface area contributed by atoms with Crippen molar-refractivity contribution in [3.63, 3.8) is 0 Å². The first-order chi connectivity index (χ1) is 9.70. The van der Waals surface area contributed by atoms with Gasteiger partial charge in [0.15, 0.2) is 0 Å². The highest BCUT2D eigenvalue weighted by atomic mass is 32.2. The van der Waals surface area contributed by atoms with Crippen LogP contribution in [0.3, 0.4) is 0 Å². The van der Waals surface area contributed by atoms with E-state index in [9.17, 15) is 4.39 Å². The zero-order valence-electron chi connectivity index (χ0n) is 11.6. The number of hydrogen-bond donors (Lipinski definition) is 1. The predicted molar refractivity (Wildman–Crippen MR) is 79.3 cm³/mol. The second-order valence-electron chi connectivity index (χ2n) is 4.51. The van der Waals surface area contributed by atoms with Crippen LogP contribution in [0.4, 0.5) is 4.39 Å². The fourth-order valence-corrected chi connectivity index (χ4v) is 2.54. The van der Waals surface area contributed by atoms with E-state index in [2.05, 4.69) is 22.2 Å². The average Bonchev–Trinajstić information content (AvgIpc) is 2.48. The molecule has 20 heavy (non-hydrogen) atoms. The van der Waals surface area contributed by atoms with Crippen molar-refractivity contribution in [1.29, 1.82) is 0 Å². The fourth-order valence-electron chi connectivity index (χ4n) is 1.80. The first-order valence-electron chi connectivity index (χ1n) is 6.67. The molecule has 0 radical (unpaired) electrons. The summed E-state index contributed by atoms with van der Waals surface area (Å²) in [6.45, 7) is 5.08. The smallest absolute Gasteiger partial charge is 0.137 e. The SMILES string of the molecule is CCCNC(C)c1ccc(Sc2cnccn2)c(F)c1. The summed E-state index contributed by atoms with van der Waals surface area (Å²) in [7, 11) is 0. The minimum Gasteiger partial charge on any atom is -0.310 e. The molecule has 2 aromatic rings. The maximum Gasteiger partial charge on any atom is 0.137 e. The van der Waals surface area contributed by atoms with Crippen LogP contribution in [0, 0.1) is 5.82 Å². The van der Waals surface area contributed by atoms with E-state index in [1.165, 1.54) is 11.8 Å². The van der Waals surface area contributed by atoms with Crippen LogP contribution < -0.4 is 5.32 Å². The van der Waals surface area contributed by atoms with Crippen molar-refractivity contribution in [1.82, 2.24) is 15.3 Å². The summed E-state index contributed by atoms with van der Waals surface area (Å²) in [5, 5.41) is 4.04. The fraction of sp³-hybridized carbons (Fsp3) is 0.333. The number of rotatable bonds is 6. The molecule has 1 unspecified atom stereocenters. The highest BCUT2D eigenvalue weighted by molar-refractivity contribution is 7.99. The van der Waals surface area contributed by atoms with E-state index >= 15 is 0 Å². The van der Waals surface area contributed by atoms with Gasteiger partial charge in [-0.15, -0.1) is 0 Å². The number of hydrogen-bond acceptors (Lipinski definition) is 4. The lowest BCUT2D eigenvalue weighted by Gasteiger charge is -2.14. The topological polar surface area (TPSA) is 37.8 Å². The van der Waals surface area contributed by atoms with Crippen molar-refractivity contribution >= 4 is 11.8 Å². The molecule has 0 aliphatic heterocycles. The van der Waals surface area contributed by atoms with Crippen molar-refractivity contribution in [2.45, 2.75) is 36.2 Å². The Morgan fingerprint density at radius 3 is 2.85 bits per heavy atom. The van der Waals surface area contributed by atoms with Gasteiger partial charge in [0.2, 0.25) is 0 Å². The Labute approximate surface area is 123 Å². The molecule has 0 aliphatic rings. The van der Waals surface area contributed by atoms with Gasteiger partial charge in [-0.2, -0.15) is 0 Å². The molecule has 0 spiro atoms. The third-order valence-electron chi connectivity index (χ3n) is 2.91. The number of nitrogens with one attached hydrogen (secondary N) is 1. The summed E-state index contributed by atoms with van der Waals surface area (Å²) >= 11 is 1.28. The first-order valence-corrected chi connectivity index (χ1v) is 7.49. The van der Waals surface area contributed by atoms with Crippen LogP contribution in [0.15, 0.2) is 46.7 Å². The summed E-state index contributed by atoms with van der Waals surface area (Å²) in [5.74, 6) is -0.219. The van der Waals surface area contributed by atoms with Crippen LogP contribution in [-0.4, -0.2) is 16.5 Å². The van der Waals surface area contributed by atoms with Crippen molar-refractivity contribution in [2.75, 3.05) is 6.54 Å². The number of halogens is 1. The van der Waals surface area contributed by atoms with Gasteiger partial charge in [0.25, 0.3) is 0 Å². The molecule has 0 amide bonds. The second-order valence-corrected chi connectivity index (χ2v) is 5.57. The van der Waals surface area contributed by atoms with Crippen LogP contribution >= 0.6 is 11.8 Å². The van der Waals surface area contributed by atoms with Crippen LogP contribution in [0.2, 0.25) is 0 Å². The van der Waals surface area contributed by atoms with Crippen LogP contribution in [0.5, 0.6) is 0 Å². The summed E-state index contributed by atoms with van der Waals surface area (Å²) in [4.78, 5) is 8.68. The Morgan fingerprint density at radius 1 is 1.35 bits per heavy atom. The Hall–Kier alpha value is -1.46. The first kappa shape index (κ1) is 14.9. The summed E-state index contributed by atoms with van der Waals surface area (Å²) in [6, 6.07) is 5.50. The summed E-state index contributed by atoms with van der Waals surface area (Å²) < 4.78 is 14.1. The Morgan fingerprint density at radius 2 is 2.20 bits per heavy atom. The normalized spacial score (nSPS) is 12.3. The number of aromatic nitrogens is 2. The lowest BCUT2D eigenvalue weighted by molar-refractivity contribution is 0.556. The maximum absolute atomic E-state index is 14.1. The highest BCUT2D eigenvalue weighted by Crippen LogP contribution is 2.29. The van der Waals surface area contributed by atoms with E-state index in [-0.39, 0.29) is 11.9 Å². The Balaban J connectivity index is 2.10.